The van der Waals surface area contributed by atoms with Gasteiger partial charge < -0.3 is 10.6 Å². The van der Waals surface area contributed by atoms with Crippen LogP contribution < -0.4 is 10.6 Å². The van der Waals surface area contributed by atoms with Crippen molar-refractivity contribution in [3.05, 3.63) is 29.0 Å². The van der Waals surface area contributed by atoms with Crippen molar-refractivity contribution in [2.24, 2.45) is 5.92 Å². The largest absolute Gasteiger partial charge is 0.324 e. The van der Waals surface area contributed by atoms with Gasteiger partial charge in [0.2, 0.25) is 5.91 Å². The molecule has 0 aliphatic carbocycles. The second-order valence-corrected chi connectivity index (χ2v) is 4.97. The first-order valence-electron chi connectivity index (χ1n) is 6.11. The number of piperidine rings is 1. The number of rotatable bonds is 3. The maximum Gasteiger partial charge on any atom is 0.224 e. The van der Waals surface area contributed by atoms with Crippen LogP contribution in [0.5, 0.6) is 0 Å². The summed E-state index contributed by atoms with van der Waals surface area (Å²) in [4.78, 5) is 11.8. The second-order valence-electron chi connectivity index (χ2n) is 4.57. The summed E-state index contributed by atoms with van der Waals surface area (Å²) in [6.07, 6.45) is 2.54. The summed E-state index contributed by atoms with van der Waals surface area (Å²) in [6.45, 7) is 1.87. The van der Waals surface area contributed by atoms with E-state index in [1.54, 1.807) is 6.07 Å². The molecule has 0 radical (unpaired) electrons. The summed E-state index contributed by atoms with van der Waals surface area (Å²) < 4.78 is 13.6. The van der Waals surface area contributed by atoms with Gasteiger partial charge in [0.1, 0.15) is 0 Å². The Balaban J connectivity index is 1.92. The Kier molecular flexibility index (Phi) is 4.55. The molecule has 0 aromatic heterocycles. The zero-order valence-electron chi connectivity index (χ0n) is 10.0. The lowest BCUT2D eigenvalue weighted by molar-refractivity contribution is -0.117. The summed E-state index contributed by atoms with van der Waals surface area (Å²) >= 11 is 5.65. The average molecular weight is 271 g/mol. The molecule has 98 valence electrons. The van der Waals surface area contributed by atoms with Crippen LogP contribution >= 0.6 is 11.6 Å². The summed E-state index contributed by atoms with van der Waals surface area (Å²) in [5.74, 6) is -0.403. The van der Waals surface area contributed by atoms with E-state index in [1.807, 2.05) is 0 Å². The molecule has 2 rings (SSSR count). The summed E-state index contributed by atoms with van der Waals surface area (Å²) in [5.41, 5.74) is 0.149. The van der Waals surface area contributed by atoms with Crippen LogP contribution in [0.4, 0.5) is 10.1 Å². The van der Waals surface area contributed by atoms with Gasteiger partial charge in [-0.15, -0.1) is 0 Å². The zero-order valence-corrected chi connectivity index (χ0v) is 10.8. The van der Waals surface area contributed by atoms with Crippen molar-refractivity contribution in [2.75, 3.05) is 18.4 Å². The first-order chi connectivity index (χ1) is 8.66. The lowest BCUT2D eigenvalue weighted by atomic mass is 9.96. The van der Waals surface area contributed by atoms with Crippen LogP contribution in [0, 0.1) is 11.7 Å². The highest BCUT2D eigenvalue weighted by Crippen LogP contribution is 2.23. The molecule has 3 nitrogen and oxygen atoms in total. The van der Waals surface area contributed by atoms with Crippen molar-refractivity contribution in [1.82, 2.24) is 5.32 Å². The van der Waals surface area contributed by atoms with Crippen molar-refractivity contribution in [2.45, 2.75) is 19.3 Å². The molecule has 1 unspecified atom stereocenters. The van der Waals surface area contributed by atoms with E-state index >= 15 is 0 Å². The Labute approximate surface area is 111 Å². The molecule has 1 atom stereocenters. The minimum absolute atomic E-state index is 0.0205. The number of amides is 1. The van der Waals surface area contributed by atoms with Gasteiger partial charge in [-0.2, -0.15) is 0 Å². The minimum atomic E-state index is -0.575. The molecule has 0 bridgehead atoms. The molecule has 2 N–H and O–H groups in total. The summed E-state index contributed by atoms with van der Waals surface area (Å²) in [5, 5.41) is 5.84. The van der Waals surface area contributed by atoms with Crippen molar-refractivity contribution < 1.29 is 9.18 Å². The highest BCUT2D eigenvalue weighted by atomic mass is 35.5. The molecule has 1 heterocycles. The predicted octanol–water partition coefficient (Wildman–Crippen LogP) is 2.81. The number of hydrogen-bond acceptors (Lipinski definition) is 2. The number of anilines is 1. The molecule has 1 aliphatic rings. The molecule has 18 heavy (non-hydrogen) atoms. The lowest BCUT2D eigenvalue weighted by Gasteiger charge is -2.22. The van der Waals surface area contributed by atoms with Gasteiger partial charge in [0.25, 0.3) is 0 Å². The van der Waals surface area contributed by atoms with Gasteiger partial charge in [0.15, 0.2) is 5.82 Å². The predicted molar refractivity (Wildman–Crippen MR) is 70.3 cm³/mol. The second kappa shape index (κ2) is 6.16. The monoisotopic (exact) mass is 270 g/mol. The van der Waals surface area contributed by atoms with Crippen LogP contribution in [0.2, 0.25) is 5.02 Å². The van der Waals surface area contributed by atoms with Crippen LogP contribution in [0.25, 0.3) is 0 Å². The van der Waals surface area contributed by atoms with Crippen molar-refractivity contribution in [3.8, 4) is 0 Å². The normalized spacial score (nSPS) is 19.6. The SMILES string of the molecule is O=C(CC1CCCNC1)Nc1cccc(Cl)c1F. The Morgan fingerprint density at radius 3 is 3.11 bits per heavy atom. The maximum atomic E-state index is 13.6. The Morgan fingerprint density at radius 2 is 2.39 bits per heavy atom. The number of halogens is 2. The number of benzene rings is 1. The van der Waals surface area contributed by atoms with Gasteiger partial charge in [-0.05, 0) is 44.0 Å². The maximum absolute atomic E-state index is 13.6. The van der Waals surface area contributed by atoms with E-state index in [9.17, 15) is 9.18 Å². The van der Waals surface area contributed by atoms with Crippen LogP contribution in [-0.2, 0) is 4.79 Å². The van der Waals surface area contributed by atoms with Crippen LogP contribution in [0.3, 0.4) is 0 Å². The third-order valence-corrected chi connectivity index (χ3v) is 3.39. The molecule has 1 saturated heterocycles. The first kappa shape index (κ1) is 13.3. The third-order valence-electron chi connectivity index (χ3n) is 3.10. The van der Waals surface area contributed by atoms with Gasteiger partial charge >= 0.3 is 0 Å². The zero-order chi connectivity index (χ0) is 13.0. The highest BCUT2D eigenvalue weighted by Gasteiger charge is 2.17. The molecule has 1 amide bonds. The van der Waals surface area contributed by atoms with Crippen molar-refractivity contribution in [1.29, 1.82) is 0 Å². The molecular formula is C13H16ClFN2O. The van der Waals surface area contributed by atoms with Gasteiger partial charge in [-0.3, -0.25) is 4.79 Å². The fraction of sp³-hybridized carbons (Fsp3) is 0.462. The van der Waals surface area contributed by atoms with E-state index in [2.05, 4.69) is 10.6 Å². The summed E-state index contributed by atoms with van der Waals surface area (Å²) in [7, 11) is 0. The van der Waals surface area contributed by atoms with E-state index in [1.165, 1.54) is 12.1 Å². The Bertz CT molecular complexity index is 433. The first-order valence-corrected chi connectivity index (χ1v) is 6.49. The molecule has 1 aromatic rings. The molecule has 1 fully saturated rings. The van der Waals surface area contributed by atoms with Crippen molar-refractivity contribution in [3.63, 3.8) is 0 Å². The van der Waals surface area contributed by atoms with E-state index < -0.39 is 5.82 Å². The fourth-order valence-corrected chi connectivity index (χ4v) is 2.34. The van der Waals surface area contributed by atoms with Crippen LogP contribution in [0.15, 0.2) is 18.2 Å². The molecule has 1 aromatic carbocycles. The number of nitrogens with one attached hydrogen (secondary N) is 2. The average Bonchev–Trinajstić information content (AvgIpc) is 2.36. The Morgan fingerprint density at radius 1 is 1.56 bits per heavy atom. The number of hydrogen-bond donors (Lipinski definition) is 2. The van der Waals surface area contributed by atoms with Gasteiger partial charge in [-0.25, -0.2) is 4.39 Å². The van der Waals surface area contributed by atoms with Crippen molar-refractivity contribution >= 4 is 23.2 Å². The topological polar surface area (TPSA) is 41.1 Å². The van der Waals surface area contributed by atoms with E-state index in [-0.39, 0.29) is 16.6 Å². The summed E-state index contributed by atoms with van der Waals surface area (Å²) in [6, 6.07) is 4.58. The van der Waals surface area contributed by atoms with Crippen LogP contribution in [-0.4, -0.2) is 19.0 Å². The minimum Gasteiger partial charge on any atom is -0.324 e. The molecular weight excluding hydrogens is 255 g/mol. The highest BCUT2D eigenvalue weighted by molar-refractivity contribution is 6.31. The standard InChI is InChI=1S/C13H16ClFN2O/c14-10-4-1-5-11(13(10)15)17-12(18)7-9-3-2-6-16-8-9/h1,4-5,9,16H,2-3,6-8H2,(H,17,18). The van der Waals surface area contributed by atoms with E-state index in [4.69, 9.17) is 11.6 Å². The smallest absolute Gasteiger partial charge is 0.224 e. The molecule has 0 spiro atoms. The van der Waals surface area contributed by atoms with E-state index in [0.29, 0.717) is 12.3 Å². The van der Waals surface area contributed by atoms with Gasteiger partial charge in [0, 0.05) is 6.42 Å². The van der Waals surface area contributed by atoms with Gasteiger partial charge in [-0.1, -0.05) is 17.7 Å². The quantitative estimate of drug-likeness (QED) is 0.887. The lowest BCUT2D eigenvalue weighted by Crippen LogP contribution is -2.32. The Hall–Kier alpha value is -1.13. The fourth-order valence-electron chi connectivity index (χ4n) is 2.16. The number of carbonyl (C=O) groups excluding carboxylic acids is 1. The molecule has 0 saturated carbocycles. The molecule has 5 heteroatoms. The molecule has 1 aliphatic heterocycles. The van der Waals surface area contributed by atoms with Gasteiger partial charge in [0.05, 0.1) is 10.7 Å². The third kappa shape index (κ3) is 3.43. The van der Waals surface area contributed by atoms with E-state index in [0.717, 1.165) is 25.9 Å². The number of carbonyl (C=O) groups is 1. The van der Waals surface area contributed by atoms with Crippen LogP contribution in [0.1, 0.15) is 19.3 Å².